The quantitative estimate of drug-likeness (QED) is 0.278. The van der Waals surface area contributed by atoms with E-state index in [-0.39, 0.29) is 19.8 Å². The van der Waals surface area contributed by atoms with Crippen molar-refractivity contribution in [2.45, 2.75) is 63.1 Å². The number of ether oxygens (including phenoxy) is 2. The fraction of sp³-hybridized carbons (Fsp3) is 0.345. The van der Waals surface area contributed by atoms with Crippen molar-refractivity contribution in [3.05, 3.63) is 77.2 Å². The number of hydrogen-bond donors (Lipinski definition) is 1. The number of nitrogens with one attached hydrogen (secondary N) is 1. The number of amides is 1. The predicted molar refractivity (Wildman–Crippen MR) is 149 cm³/mol. The summed E-state index contributed by atoms with van der Waals surface area (Å²) in [6.45, 7) is 4.19. The number of hydrogen-bond acceptors (Lipinski definition) is 9. The van der Waals surface area contributed by atoms with Crippen LogP contribution in [0.4, 0.5) is 4.79 Å². The van der Waals surface area contributed by atoms with Crippen molar-refractivity contribution in [1.82, 2.24) is 30.2 Å². The zero-order valence-electron chi connectivity index (χ0n) is 22.4. The maximum Gasteiger partial charge on any atom is 0.408 e. The van der Waals surface area contributed by atoms with Crippen LogP contribution in [0.25, 0.3) is 5.69 Å². The van der Waals surface area contributed by atoms with Gasteiger partial charge < -0.3 is 19.3 Å². The number of pyridine rings is 1. The third-order valence-corrected chi connectivity index (χ3v) is 7.61. The Morgan fingerprint density at radius 3 is 2.83 bits per heavy atom. The molecule has 0 unspecified atom stereocenters. The van der Waals surface area contributed by atoms with E-state index in [9.17, 15) is 4.79 Å². The van der Waals surface area contributed by atoms with Crippen LogP contribution in [0.1, 0.15) is 54.1 Å². The number of carbonyl (C=O) groups is 1. The Labute approximate surface area is 236 Å². The van der Waals surface area contributed by atoms with Gasteiger partial charge in [0.05, 0.1) is 18.4 Å². The van der Waals surface area contributed by atoms with Crippen LogP contribution in [0, 0.1) is 25.7 Å². The SMILES string of the molecule is Cc1cc(CNC(=O)OCC#Cc2ccc(OCc3nnc(SC4CCCC4)n3-c3cccnc3)cc2C)no1. The number of alkyl carbamates (subject to hydrolysis) is 1. The Balaban J connectivity index is 1.17. The molecular weight excluding hydrogens is 528 g/mol. The Morgan fingerprint density at radius 1 is 1.20 bits per heavy atom. The van der Waals surface area contributed by atoms with Crippen molar-refractivity contribution in [1.29, 1.82) is 0 Å². The molecule has 40 heavy (non-hydrogen) atoms. The molecule has 206 valence electrons. The molecule has 4 aromatic rings. The van der Waals surface area contributed by atoms with Gasteiger partial charge in [0.25, 0.3) is 0 Å². The molecule has 0 radical (unpaired) electrons. The average molecular weight is 559 g/mol. The van der Waals surface area contributed by atoms with Crippen LogP contribution < -0.4 is 10.1 Å². The van der Waals surface area contributed by atoms with Gasteiger partial charge in [-0.25, -0.2) is 4.79 Å². The van der Waals surface area contributed by atoms with E-state index in [4.69, 9.17) is 14.0 Å². The molecule has 0 bridgehead atoms. The van der Waals surface area contributed by atoms with Crippen molar-refractivity contribution in [3.8, 4) is 23.3 Å². The van der Waals surface area contributed by atoms with Crippen LogP contribution in [0.2, 0.25) is 0 Å². The summed E-state index contributed by atoms with van der Waals surface area (Å²) in [5.74, 6) is 8.01. The number of thioether (sulfide) groups is 1. The Kier molecular flexibility index (Phi) is 8.98. The highest BCUT2D eigenvalue weighted by molar-refractivity contribution is 7.99. The summed E-state index contributed by atoms with van der Waals surface area (Å²) in [4.78, 5) is 16.1. The van der Waals surface area contributed by atoms with E-state index in [0.29, 0.717) is 28.3 Å². The Bertz CT molecular complexity index is 1500. The zero-order valence-corrected chi connectivity index (χ0v) is 23.2. The molecule has 0 atom stereocenters. The van der Waals surface area contributed by atoms with Gasteiger partial charge in [-0.2, -0.15) is 0 Å². The lowest BCUT2D eigenvalue weighted by atomic mass is 10.1. The van der Waals surface area contributed by atoms with Gasteiger partial charge in [0, 0.05) is 23.1 Å². The van der Waals surface area contributed by atoms with Gasteiger partial charge in [-0.3, -0.25) is 9.55 Å². The highest BCUT2D eigenvalue weighted by atomic mass is 32.2. The van der Waals surface area contributed by atoms with E-state index in [1.54, 1.807) is 30.9 Å². The minimum absolute atomic E-state index is 0.0351. The van der Waals surface area contributed by atoms with Crippen LogP contribution in [-0.2, 0) is 17.9 Å². The molecule has 1 aliphatic rings. The van der Waals surface area contributed by atoms with E-state index in [1.807, 2.05) is 48.0 Å². The van der Waals surface area contributed by atoms with E-state index < -0.39 is 6.09 Å². The minimum atomic E-state index is -0.570. The lowest BCUT2D eigenvalue weighted by molar-refractivity contribution is 0.159. The topological polar surface area (TPSA) is 117 Å². The molecule has 1 aromatic carbocycles. The number of nitrogens with zero attached hydrogens (tertiary/aromatic N) is 5. The Hall–Kier alpha value is -4.30. The molecule has 0 aliphatic heterocycles. The molecule has 11 heteroatoms. The van der Waals surface area contributed by atoms with E-state index in [0.717, 1.165) is 22.0 Å². The Morgan fingerprint density at radius 2 is 2.08 bits per heavy atom. The summed E-state index contributed by atoms with van der Waals surface area (Å²) in [6.07, 6.45) is 7.93. The largest absolute Gasteiger partial charge is 0.486 e. The summed E-state index contributed by atoms with van der Waals surface area (Å²) >= 11 is 1.78. The third kappa shape index (κ3) is 7.21. The van der Waals surface area contributed by atoms with Gasteiger partial charge in [0.15, 0.2) is 17.6 Å². The molecule has 1 saturated carbocycles. The van der Waals surface area contributed by atoms with Crippen molar-refractivity contribution >= 4 is 17.9 Å². The molecule has 3 aromatic heterocycles. The number of benzene rings is 1. The minimum Gasteiger partial charge on any atom is -0.486 e. The number of rotatable bonds is 9. The van der Waals surface area contributed by atoms with Crippen molar-refractivity contribution < 1.29 is 18.8 Å². The summed E-state index contributed by atoms with van der Waals surface area (Å²) in [6, 6.07) is 11.3. The van der Waals surface area contributed by atoms with Gasteiger partial charge in [0.2, 0.25) is 0 Å². The molecule has 3 heterocycles. The molecule has 1 aliphatic carbocycles. The molecular formula is C29H30N6O4S. The first-order valence-corrected chi connectivity index (χ1v) is 14.0. The fourth-order valence-corrected chi connectivity index (χ4v) is 5.60. The van der Waals surface area contributed by atoms with Crippen LogP contribution in [0.5, 0.6) is 5.75 Å². The van der Waals surface area contributed by atoms with Crippen LogP contribution in [0.15, 0.2) is 58.5 Å². The molecule has 10 nitrogen and oxygen atoms in total. The molecule has 1 fully saturated rings. The molecule has 1 amide bonds. The zero-order chi connectivity index (χ0) is 27.7. The average Bonchev–Trinajstić information content (AvgIpc) is 3.72. The first-order chi connectivity index (χ1) is 19.5. The molecule has 5 rings (SSSR count). The highest BCUT2D eigenvalue weighted by Crippen LogP contribution is 2.35. The second-order valence-electron chi connectivity index (χ2n) is 9.40. The molecule has 1 N–H and O–H groups in total. The van der Waals surface area contributed by atoms with Gasteiger partial charge in [0.1, 0.15) is 23.8 Å². The number of aryl methyl sites for hydroxylation is 2. The second kappa shape index (κ2) is 13.2. The van der Waals surface area contributed by atoms with Crippen molar-refractivity contribution in [3.63, 3.8) is 0 Å². The second-order valence-corrected chi connectivity index (χ2v) is 10.7. The fourth-order valence-electron chi connectivity index (χ4n) is 4.33. The van der Waals surface area contributed by atoms with Gasteiger partial charge in [-0.1, -0.05) is 41.6 Å². The van der Waals surface area contributed by atoms with Gasteiger partial charge >= 0.3 is 6.09 Å². The van der Waals surface area contributed by atoms with Gasteiger partial charge in [-0.15, -0.1) is 10.2 Å². The van der Waals surface area contributed by atoms with Crippen molar-refractivity contribution in [2.75, 3.05) is 6.61 Å². The molecule has 0 spiro atoms. The van der Waals surface area contributed by atoms with Crippen LogP contribution >= 0.6 is 11.8 Å². The maximum atomic E-state index is 11.8. The number of aromatic nitrogens is 5. The lowest BCUT2D eigenvalue weighted by Crippen LogP contribution is -2.24. The summed E-state index contributed by atoms with van der Waals surface area (Å²) in [7, 11) is 0. The monoisotopic (exact) mass is 558 g/mol. The maximum absolute atomic E-state index is 11.8. The first-order valence-electron chi connectivity index (χ1n) is 13.1. The lowest BCUT2D eigenvalue weighted by Gasteiger charge is -2.13. The van der Waals surface area contributed by atoms with Crippen LogP contribution in [0.3, 0.4) is 0 Å². The first kappa shape index (κ1) is 27.3. The standard InChI is InChI=1S/C29H30N6O4S/c1-20-15-25(12-11-22(20)7-6-14-37-29(36)31-17-23-16-21(2)39-34-23)38-19-27-32-33-28(40-26-9-3-4-10-26)35(27)24-8-5-13-30-18-24/h5,8,11-13,15-16,18,26H,3-4,9-10,14,17,19H2,1-2H3,(H,31,36). The highest BCUT2D eigenvalue weighted by Gasteiger charge is 2.22. The summed E-state index contributed by atoms with van der Waals surface area (Å²) in [5, 5.41) is 16.8. The molecule has 0 saturated heterocycles. The van der Waals surface area contributed by atoms with E-state index in [1.165, 1.54) is 25.7 Å². The third-order valence-electron chi connectivity index (χ3n) is 6.33. The summed E-state index contributed by atoms with van der Waals surface area (Å²) in [5.41, 5.74) is 3.31. The number of carbonyl (C=O) groups excluding carboxylic acids is 1. The van der Waals surface area contributed by atoms with E-state index >= 15 is 0 Å². The van der Waals surface area contributed by atoms with Crippen LogP contribution in [-0.4, -0.2) is 42.9 Å². The smallest absolute Gasteiger partial charge is 0.408 e. The summed E-state index contributed by atoms with van der Waals surface area (Å²) < 4.78 is 18.2. The van der Waals surface area contributed by atoms with Crippen molar-refractivity contribution in [2.24, 2.45) is 0 Å². The predicted octanol–water partition coefficient (Wildman–Crippen LogP) is 5.16. The van der Waals surface area contributed by atoms with E-state index in [2.05, 4.69) is 37.5 Å². The van der Waals surface area contributed by atoms with Gasteiger partial charge in [-0.05, 0) is 62.6 Å². The normalized spacial score (nSPS) is 13.1.